The number of benzene rings is 1. The van der Waals surface area contributed by atoms with E-state index in [-0.39, 0.29) is 5.41 Å². The molecule has 112 valence electrons. The largest absolute Gasteiger partial charge is 0.495 e. The third-order valence-electron chi connectivity index (χ3n) is 4.60. The Morgan fingerprint density at radius 3 is 2.75 bits per heavy atom. The standard InChI is InChI=1S/C16H24BrNO2/c1-5-16(3)14(10-15(16)20-6-2)18-11-7-8-12(17)13(9-11)19-4/h7-9,14-15,18H,5-6,10H2,1-4H3. The molecule has 0 saturated heterocycles. The van der Waals surface area contributed by atoms with Crippen LogP contribution in [0.1, 0.15) is 33.6 Å². The molecule has 2 rings (SSSR count). The van der Waals surface area contributed by atoms with Crippen LogP contribution in [0.15, 0.2) is 22.7 Å². The van der Waals surface area contributed by atoms with Gasteiger partial charge in [-0.15, -0.1) is 0 Å². The molecule has 0 spiro atoms. The van der Waals surface area contributed by atoms with Gasteiger partial charge in [-0.1, -0.05) is 13.8 Å². The minimum atomic E-state index is 0.205. The summed E-state index contributed by atoms with van der Waals surface area (Å²) in [4.78, 5) is 0. The summed E-state index contributed by atoms with van der Waals surface area (Å²) in [6.45, 7) is 7.40. The Balaban J connectivity index is 2.07. The Labute approximate surface area is 130 Å². The number of methoxy groups -OCH3 is 1. The molecule has 3 nitrogen and oxygen atoms in total. The lowest BCUT2D eigenvalue weighted by Gasteiger charge is -2.54. The summed E-state index contributed by atoms with van der Waals surface area (Å²) in [5.41, 5.74) is 1.31. The summed E-state index contributed by atoms with van der Waals surface area (Å²) in [5.74, 6) is 0.855. The van der Waals surface area contributed by atoms with Crippen LogP contribution in [0, 0.1) is 5.41 Å². The highest BCUT2D eigenvalue weighted by atomic mass is 79.9. The molecule has 4 heteroatoms. The number of anilines is 1. The fourth-order valence-corrected chi connectivity index (χ4v) is 3.33. The number of ether oxygens (including phenoxy) is 2. The van der Waals surface area contributed by atoms with Crippen LogP contribution in [0.3, 0.4) is 0 Å². The van der Waals surface area contributed by atoms with Crippen LogP contribution in [-0.2, 0) is 4.74 Å². The molecule has 3 unspecified atom stereocenters. The Bertz CT molecular complexity index is 466. The molecule has 0 radical (unpaired) electrons. The van der Waals surface area contributed by atoms with Crippen molar-refractivity contribution in [2.45, 2.75) is 45.8 Å². The predicted molar refractivity (Wildman–Crippen MR) is 86.5 cm³/mol. The molecule has 0 bridgehead atoms. The second kappa shape index (κ2) is 6.35. The lowest BCUT2D eigenvalue weighted by molar-refractivity contribution is -0.109. The van der Waals surface area contributed by atoms with Crippen LogP contribution >= 0.6 is 15.9 Å². The maximum atomic E-state index is 5.84. The van der Waals surface area contributed by atoms with Gasteiger partial charge in [0.05, 0.1) is 17.7 Å². The van der Waals surface area contributed by atoms with Crippen LogP contribution in [0.4, 0.5) is 5.69 Å². The Hall–Kier alpha value is -0.740. The van der Waals surface area contributed by atoms with Crippen LogP contribution in [-0.4, -0.2) is 25.9 Å². The molecule has 1 aromatic carbocycles. The van der Waals surface area contributed by atoms with Crippen molar-refractivity contribution in [3.8, 4) is 5.75 Å². The minimum absolute atomic E-state index is 0.205. The number of hydrogen-bond acceptors (Lipinski definition) is 3. The van der Waals surface area contributed by atoms with Crippen molar-refractivity contribution in [2.75, 3.05) is 19.0 Å². The highest BCUT2D eigenvalue weighted by molar-refractivity contribution is 9.10. The van der Waals surface area contributed by atoms with Gasteiger partial charge in [-0.05, 0) is 47.8 Å². The maximum Gasteiger partial charge on any atom is 0.135 e. The highest BCUT2D eigenvalue weighted by Crippen LogP contribution is 2.47. The van der Waals surface area contributed by atoms with E-state index in [9.17, 15) is 0 Å². The predicted octanol–water partition coefficient (Wildman–Crippen LogP) is 4.46. The molecule has 1 aliphatic rings. The number of hydrogen-bond donors (Lipinski definition) is 1. The summed E-state index contributed by atoms with van der Waals surface area (Å²) in [7, 11) is 1.69. The molecule has 1 fully saturated rings. The fourth-order valence-electron chi connectivity index (χ4n) is 2.92. The molecule has 0 amide bonds. The molecule has 0 aromatic heterocycles. The third kappa shape index (κ3) is 2.82. The highest BCUT2D eigenvalue weighted by Gasteiger charge is 2.51. The molecular weight excluding hydrogens is 318 g/mol. The molecule has 20 heavy (non-hydrogen) atoms. The molecule has 0 aliphatic heterocycles. The maximum absolute atomic E-state index is 5.84. The van der Waals surface area contributed by atoms with Gasteiger partial charge in [0.15, 0.2) is 0 Å². The minimum Gasteiger partial charge on any atom is -0.495 e. The molecular formula is C16H24BrNO2. The summed E-state index contributed by atoms with van der Waals surface area (Å²) in [5, 5.41) is 3.63. The van der Waals surface area contributed by atoms with E-state index >= 15 is 0 Å². The summed E-state index contributed by atoms with van der Waals surface area (Å²) in [6, 6.07) is 6.59. The average molecular weight is 342 g/mol. The first-order valence-corrected chi connectivity index (χ1v) is 8.06. The summed E-state index contributed by atoms with van der Waals surface area (Å²) >= 11 is 3.48. The SMILES string of the molecule is CCOC1CC(Nc2ccc(Br)c(OC)c2)C1(C)CC. The van der Waals surface area contributed by atoms with E-state index in [1.54, 1.807) is 7.11 Å². The smallest absolute Gasteiger partial charge is 0.135 e. The van der Waals surface area contributed by atoms with Crippen LogP contribution in [0.25, 0.3) is 0 Å². The Morgan fingerprint density at radius 1 is 1.40 bits per heavy atom. The van der Waals surface area contributed by atoms with Gasteiger partial charge in [0.25, 0.3) is 0 Å². The van der Waals surface area contributed by atoms with Gasteiger partial charge >= 0.3 is 0 Å². The Kier molecular flexibility index (Phi) is 4.97. The van der Waals surface area contributed by atoms with E-state index < -0.39 is 0 Å². The average Bonchev–Trinajstić information content (AvgIpc) is 2.46. The quantitative estimate of drug-likeness (QED) is 0.828. The topological polar surface area (TPSA) is 30.5 Å². The van der Waals surface area contributed by atoms with Crippen LogP contribution < -0.4 is 10.1 Å². The lowest BCUT2D eigenvalue weighted by Crippen LogP contribution is -2.59. The van der Waals surface area contributed by atoms with E-state index in [0.717, 1.165) is 35.4 Å². The van der Waals surface area contributed by atoms with E-state index in [0.29, 0.717) is 12.1 Å². The molecule has 1 saturated carbocycles. The molecule has 0 heterocycles. The van der Waals surface area contributed by atoms with Gasteiger partial charge in [-0.3, -0.25) is 0 Å². The van der Waals surface area contributed by atoms with Gasteiger partial charge in [-0.25, -0.2) is 0 Å². The van der Waals surface area contributed by atoms with Crippen LogP contribution in [0.2, 0.25) is 0 Å². The van der Waals surface area contributed by atoms with Gasteiger partial charge in [-0.2, -0.15) is 0 Å². The zero-order valence-corrected chi connectivity index (χ0v) is 14.3. The first-order chi connectivity index (χ1) is 9.55. The van der Waals surface area contributed by atoms with E-state index in [4.69, 9.17) is 9.47 Å². The fraction of sp³-hybridized carbons (Fsp3) is 0.625. The van der Waals surface area contributed by atoms with Crippen molar-refractivity contribution in [1.82, 2.24) is 0 Å². The summed E-state index contributed by atoms with van der Waals surface area (Å²) < 4.78 is 12.2. The molecule has 3 atom stereocenters. The second-order valence-electron chi connectivity index (χ2n) is 5.59. The van der Waals surface area contributed by atoms with Crippen molar-refractivity contribution in [1.29, 1.82) is 0 Å². The molecule has 1 aromatic rings. The van der Waals surface area contributed by atoms with Crippen molar-refractivity contribution < 1.29 is 9.47 Å². The number of rotatable bonds is 6. The van der Waals surface area contributed by atoms with Gasteiger partial charge < -0.3 is 14.8 Å². The molecule has 1 aliphatic carbocycles. The Morgan fingerprint density at radius 2 is 2.15 bits per heavy atom. The zero-order valence-electron chi connectivity index (χ0n) is 12.7. The van der Waals surface area contributed by atoms with Crippen molar-refractivity contribution in [3.63, 3.8) is 0 Å². The number of nitrogens with one attached hydrogen (secondary N) is 1. The van der Waals surface area contributed by atoms with Gasteiger partial charge in [0, 0.05) is 29.8 Å². The molecule has 1 N–H and O–H groups in total. The first kappa shape index (κ1) is 15.6. The van der Waals surface area contributed by atoms with E-state index in [1.807, 2.05) is 12.1 Å². The zero-order chi connectivity index (χ0) is 14.8. The van der Waals surface area contributed by atoms with Crippen LogP contribution in [0.5, 0.6) is 5.75 Å². The second-order valence-corrected chi connectivity index (χ2v) is 6.44. The number of halogens is 1. The lowest BCUT2D eigenvalue weighted by atomic mass is 9.61. The van der Waals surface area contributed by atoms with Gasteiger partial charge in [0.1, 0.15) is 5.75 Å². The van der Waals surface area contributed by atoms with Crippen molar-refractivity contribution in [2.24, 2.45) is 5.41 Å². The van der Waals surface area contributed by atoms with E-state index in [1.165, 1.54) is 0 Å². The van der Waals surface area contributed by atoms with Crippen molar-refractivity contribution in [3.05, 3.63) is 22.7 Å². The van der Waals surface area contributed by atoms with Crippen molar-refractivity contribution >= 4 is 21.6 Å². The van der Waals surface area contributed by atoms with Gasteiger partial charge in [0.2, 0.25) is 0 Å². The van der Waals surface area contributed by atoms with E-state index in [2.05, 4.69) is 48.1 Å². The summed E-state index contributed by atoms with van der Waals surface area (Å²) in [6.07, 6.45) is 2.55. The monoisotopic (exact) mass is 341 g/mol. The third-order valence-corrected chi connectivity index (χ3v) is 5.26. The first-order valence-electron chi connectivity index (χ1n) is 7.26. The normalized spacial score (nSPS) is 28.9.